The Hall–Kier alpha value is -1.55. The van der Waals surface area contributed by atoms with Crippen molar-refractivity contribution >= 4 is 6.03 Å². The van der Waals surface area contributed by atoms with Crippen molar-refractivity contribution in [2.24, 2.45) is 5.92 Å². The molecule has 2 rings (SSSR count). The highest BCUT2D eigenvalue weighted by molar-refractivity contribution is 5.73. The van der Waals surface area contributed by atoms with Gasteiger partial charge in [0.2, 0.25) is 0 Å². The lowest BCUT2D eigenvalue weighted by atomic mass is 9.96. The molecule has 0 spiro atoms. The van der Waals surface area contributed by atoms with E-state index in [1.165, 1.54) is 5.56 Å². The summed E-state index contributed by atoms with van der Waals surface area (Å²) in [6.07, 6.45) is 4.21. The van der Waals surface area contributed by atoms with Crippen LogP contribution in [0.4, 0.5) is 4.79 Å². The van der Waals surface area contributed by atoms with Crippen LogP contribution in [0.2, 0.25) is 0 Å². The van der Waals surface area contributed by atoms with Crippen molar-refractivity contribution in [3.8, 4) is 0 Å². The highest BCUT2D eigenvalue weighted by Gasteiger charge is 2.15. The van der Waals surface area contributed by atoms with Gasteiger partial charge >= 0.3 is 6.03 Å². The second-order valence-corrected chi connectivity index (χ2v) is 5.73. The summed E-state index contributed by atoms with van der Waals surface area (Å²) < 4.78 is 5.36. The molecule has 1 fully saturated rings. The molecule has 1 aliphatic rings. The van der Waals surface area contributed by atoms with E-state index in [1.54, 1.807) is 4.90 Å². The first-order chi connectivity index (χ1) is 10.3. The van der Waals surface area contributed by atoms with Gasteiger partial charge in [-0.25, -0.2) is 4.79 Å². The van der Waals surface area contributed by atoms with Crippen LogP contribution in [-0.4, -0.2) is 44.3 Å². The van der Waals surface area contributed by atoms with Gasteiger partial charge in [-0.1, -0.05) is 30.3 Å². The van der Waals surface area contributed by atoms with Gasteiger partial charge in [0.1, 0.15) is 0 Å². The third kappa shape index (κ3) is 5.76. The van der Waals surface area contributed by atoms with E-state index in [9.17, 15) is 4.79 Å². The molecule has 0 bridgehead atoms. The van der Waals surface area contributed by atoms with Crippen LogP contribution in [0.1, 0.15) is 24.8 Å². The van der Waals surface area contributed by atoms with Crippen molar-refractivity contribution < 1.29 is 9.53 Å². The monoisotopic (exact) mass is 290 g/mol. The average Bonchev–Trinajstić information content (AvgIpc) is 2.54. The topological polar surface area (TPSA) is 41.6 Å². The van der Waals surface area contributed by atoms with Gasteiger partial charge in [0, 0.05) is 33.4 Å². The lowest BCUT2D eigenvalue weighted by molar-refractivity contribution is 0.0619. The summed E-state index contributed by atoms with van der Waals surface area (Å²) in [6, 6.07) is 10.3. The fourth-order valence-electron chi connectivity index (χ4n) is 2.61. The standard InChI is InChI=1S/C17H26N2O2/c1-19(12-8-16-9-13-21-14-10-16)17(20)18-11-7-15-5-3-2-4-6-15/h2-6,16H,7-14H2,1H3,(H,18,20). The molecule has 2 amide bonds. The summed E-state index contributed by atoms with van der Waals surface area (Å²) in [6.45, 7) is 3.25. The minimum absolute atomic E-state index is 0.0259. The van der Waals surface area contributed by atoms with Crippen LogP contribution in [0, 0.1) is 5.92 Å². The number of hydrogen-bond donors (Lipinski definition) is 1. The zero-order valence-corrected chi connectivity index (χ0v) is 12.9. The summed E-state index contributed by atoms with van der Waals surface area (Å²) in [5, 5.41) is 2.98. The lowest BCUT2D eigenvalue weighted by Crippen LogP contribution is -2.39. The Labute approximate surface area is 127 Å². The summed E-state index contributed by atoms with van der Waals surface area (Å²) in [7, 11) is 1.87. The quantitative estimate of drug-likeness (QED) is 0.875. The van der Waals surface area contributed by atoms with Gasteiger partial charge in [-0.15, -0.1) is 0 Å². The number of ether oxygens (including phenoxy) is 1. The maximum Gasteiger partial charge on any atom is 0.317 e. The summed E-state index contributed by atoms with van der Waals surface area (Å²) in [4.78, 5) is 13.8. The number of carbonyl (C=O) groups excluding carboxylic acids is 1. The number of hydrogen-bond acceptors (Lipinski definition) is 2. The summed E-state index contributed by atoms with van der Waals surface area (Å²) >= 11 is 0. The predicted molar refractivity (Wildman–Crippen MR) is 84.3 cm³/mol. The minimum atomic E-state index is 0.0259. The normalized spacial score (nSPS) is 15.7. The smallest absolute Gasteiger partial charge is 0.317 e. The van der Waals surface area contributed by atoms with E-state index in [0.717, 1.165) is 45.4 Å². The van der Waals surface area contributed by atoms with Gasteiger partial charge in [-0.2, -0.15) is 0 Å². The van der Waals surface area contributed by atoms with E-state index in [2.05, 4.69) is 17.4 Å². The number of rotatable bonds is 6. The maximum atomic E-state index is 12.0. The highest BCUT2D eigenvalue weighted by Crippen LogP contribution is 2.18. The van der Waals surface area contributed by atoms with E-state index in [4.69, 9.17) is 4.74 Å². The Balaban J connectivity index is 1.60. The summed E-state index contributed by atoms with van der Waals surface area (Å²) in [5.41, 5.74) is 1.25. The van der Waals surface area contributed by atoms with Crippen molar-refractivity contribution in [1.29, 1.82) is 0 Å². The zero-order chi connectivity index (χ0) is 14.9. The van der Waals surface area contributed by atoms with Crippen molar-refractivity contribution in [2.75, 3.05) is 33.4 Å². The Bertz CT molecular complexity index is 416. The highest BCUT2D eigenvalue weighted by atomic mass is 16.5. The molecular formula is C17H26N2O2. The fraction of sp³-hybridized carbons (Fsp3) is 0.588. The van der Waals surface area contributed by atoms with Gasteiger partial charge in [0.05, 0.1) is 0 Å². The van der Waals surface area contributed by atoms with Crippen molar-refractivity contribution in [3.63, 3.8) is 0 Å². The average molecular weight is 290 g/mol. The first kappa shape index (κ1) is 15.8. The Morgan fingerprint density at radius 2 is 2.00 bits per heavy atom. The molecule has 1 aromatic rings. The molecule has 116 valence electrons. The largest absolute Gasteiger partial charge is 0.381 e. The fourth-order valence-corrected chi connectivity index (χ4v) is 2.61. The first-order valence-electron chi connectivity index (χ1n) is 7.86. The van der Waals surface area contributed by atoms with E-state index >= 15 is 0 Å². The van der Waals surface area contributed by atoms with Crippen molar-refractivity contribution in [3.05, 3.63) is 35.9 Å². The first-order valence-corrected chi connectivity index (χ1v) is 7.86. The van der Waals surface area contributed by atoms with Gasteiger partial charge in [0.15, 0.2) is 0 Å². The number of urea groups is 1. The number of benzene rings is 1. The Morgan fingerprint density at radius 1 is 1.29 bits per heavy atom. The van der Waals surface area contributed by atoms with Crippen LogP contribution in [0.5, 0.6) is 0 Å². The second-order valence-electron chi connectivity index (χ2n) is 5.73. The molecule has 1 heterocycles. The van der Waals surface area contributed by atoms with E-state index in [0.29, 0.717) is 12.5 Å². The third-order valence-electron chi connectivity index (χ3n) is 4.09. The molecule has 0 radical (unpaired) electrons. The maximum absolute atomic E-state index is 12.0. The number of carbonyl (C=O) groups is 1. The van der Waals surface area contributed by atoms with Crippen LogP contribution in [0.15, 0.2) is 30.3 Å². The molecule has 4 nitrogen and oxygen atoms in total. The molecule has 0 atom stereocenters. The number of amides is 2. The van der Waals surface area contributed by atoms with Crippen LogP contribution in [-0.2, 0) is 11.2 Å². The Morgan fingerprint density at radius 3 is 2.71 bits per heavy atom. The van der Waals surface area contributed by atoms with E-state index in [1.807, 2.05) is 25.2 Å². The SMILES string of the molecule is CN(CCC1CCOCC1)C(=O)NCCc1ccccc1. The molecule has 1 saturated heterocycles. The molecule has 0 aromatic heterocycles. The lowest BCUT2D eigenvalue weighted by Gasteiger charge is -2.25. The predicted octanol–water partition coefficient (Wildman–Crippen LogP) is 2.69. The van der Waals surface area contributed by atoms with Gasteiger partial charge in [-0.3, -0.25) is 0 Å². The molecular weight excluding hydrogens is 264 g/mol. The molecule has 0 saturated carbocycles. The van der Waals surface area contributed by atoms with Crippen LogP contribution >= 0.6 is 0 Å². The minimum Gasteiger partial charge on any atom is -0.381 e. The summed E-state index contributed by atoms with van der Waals surface area (Å²) in [5.74, 6) is 0.707. The molecule has 21 heavy (non-hydrogen) atoms. The van der Waals surface area contributed by atoms with E-state index in [-0.39, 0.29) is 6.03 Å². The molecule has 4 heteroatoms. The van der Waals surface area contributed by atoms with Crippen LogP contribution in [0.3, 0.4) is 0 Å². The molecule has 1 aliphatic heterocycles. The van der Waals surface area contributed by atoms with Gasteiger partial charge in [0.25, 0.3) is 0 Å². The van der Waals surface area contributed by atoms with Crippen molar-refractivity contribution in [1.82, 2.24) is 10.2 Å². The Kier molecular flexibility index (Phi) is 6.54. The zero-order valence-electron chi connectivity index (χ0n) is 12.9. The van der Waals surface area contributed by atoms with Crippen LogP contribution < -0.4 is 5.32 Å². The number of nitrogens with zero attached hydrogens (tertiary/aromatic N) is 1. The molecule has 1 aromatic carbocycles. The molecule has 0 aliphatic carbocycles. The number of nitrogens with one attached hydrogen (secondary N) is 1. The second kappa shape index (κ2) is 8.67. The van der Waals surface area contributed by atoms with Crippen LogP contribution in [0.25, 0.3) is 0 Å². The van der Waals surface area contributed by atoms with E-state index < -0.39 is 0 Å². The molecule has 1 N–H and O–H groups in total. The third-order valence-corrected chi connectivity index (χ3v) is 4.09. The molecule has 0 unspecified atom stereocenters. The van der Waals surface area contributed by atoms with Gasteiger partial charge in [-0.05, 0) is 37.2 Å². The van der Waals surface area contributed by atoms with Crippen molar-refractivity contribution in [2.45, 2.75) is 25.7 Å². The van der Waals surface area contributed by atoms with Gasteiger partial charge < -0.3 is 15.0 Å².